The van der Waals surface area contributed by atoms with E-state index in [1.54, 1.807) is 17.0 Å². The van der Waals surface area contributed by atoms with Crippen molar-refractivity contribution in [3.8, 4) is 0 Å². The molecule has 1 rings (SSSR count). The summed E-state index contributed by atoms with van der Waals surface area (Å²) >= 11 is 0. The third kappa shape index (κ3) is 18.0. The Balaban J connectivity index is 0.000000861. The fourth-order valence-electron chi connectivity index (χ4n) is 3.73. The second-order valence-electron chi connectivity index (χ2n) is 8.40. The summed E-state index contributed by atoms with van der Waals surface area (Å²) in [7, 11) is -4.03. The van der Waals surface area contributed by atoms with E-state index in [1.807, 2.05) is 18.2 Å². The lowest BCUT2D eigenvalue weighted by Crippen LogP contribution is -2.32. The van der Waals surface area contributed by atoms with Gasteiger partial charge in [-0.15, -0.1) is 0 Å². The second kappa shape index (κ2) is 21.5. The molecular formula is C25H47NO6S. The molecule has 194 valence electrons. The van der Waals surface area contributed by atoms with Gasteiger partial charge in [-0.05, 0) is 12.0 Å². The molecule has 4 N–H and O–H groups in total. The van der Waals surface area contributed by atoms with Crippen molar-refractivity contribution >= 4 is 10.1 Å². The van der Waals surface area contributed by atoms with Crippen LogP contribution < -0.4 is 0 Å². The first-order valence-corrected chi connectivity index (χ1v) is 14.0. The maximum Gasteiger partial charge on any atom is 0.271 e. The molecule has 1 unspecified atom stereocenters. The summed E-state index contributed by atoms with van der Waals surface area (Å²) in [6.45, 7) is 3.98. The molecule has 0 saturated carbocycles. The summed E-state index contributed by atoms with van der Waals surface area (Å²) in [5.74, 6) is 0. The van der Waals surface area contributed by atoms with Gasteiger partial charge in [0.25, 0.3) is 10.1 Å². The Morgan fingerprint density at radius 3 is 1.55 bits per heavy atom. The zero-order chi connectivity index (χ0) is 24.8. The van der Waals surface area contributed by atoms with Gasteiger partial charge in [0.05, 0.1) is 19.8 Å². The minimum Gasteiger partial charge on any atom is -0.395 e. The van der Waals surface area contributed by atoms with Crippen LogP contribution in [0.25, 0.3) is 0 Å². The zero-order valence-electron chi connectivity index (χ0n) is 20.4. The van der Waals surface area contributed by atoms with Gasteiger partial charge in [0, 0.05) is 19.6 Å². The van der Waals surface area contributed by atoms with E-state index in [9.17, 15) is 13.0 Å². The first kappa shape index (κ1) is 32.0. The van der Waals surface area contributed by atoms with E-state index < -0.39 is 15.4 Å². The van der Waals surface area contributed by atoms with Gasteiger partial charge in [-0.25, -0.2) is 0 Å². The highest BCUT2D eigenvalue weighted by atomic mass is 32.2. The van der Waals surface area contributed by atoms with E-state index in [1.165, 1.54) is 44.9 Å². The number of hydrogen-bond donors (Lipinski definition) is 4. The molecule has 0 aliphatic rings. The van der Waals surface area contributed by atoms with Crippen LogP contribution >= 0.6 is 0 Å². The summed E-state index contributed by atoms with van der Waals surface area (Å²) in [4.78, 5) is 1.79. The van der Waals surface area contributed by atoms with Crippen LogP contribution in [-0.4, -0.2) is 72.6 Å². The van der Waals surface area contributed by atoms with Crippen molar-refractivity contribution in [2.24, 2.45) is 0 Å². The van der Waals surface area contributed by atoms with Crippen LogP contribution in [0, 0.1) is 0 Å². The van der Waals surface area contributed by atoms with Crippen LogP contribution in [-0.2, 0) is 10.1 Å². The number of aliphatic hydroxyl groups is 3. The second-order valence-corrected chi connectivity index (χ2v) is 10.00. The molecule has 1 aromatic rings. The molecule has 0 amide bonds. The van der Waals surface area contributed by atoms with Gasteiger partial charge in [0.15, 0.2) is 0 Å². The van der Waals surface area contributed by atoms with Crippen molar-refractivity contribution in [2.75, 3.05) is 39.5 Å². The van der Waals surface area contributed by atoms with Gasteiger partial charge in [-0.3, -0.25) is 9.45 Å². The topological polar surface area (TPSA) is 118 Å². The summed E-state index contributed by atoms with van der Waals surface area (Å²) < 4.78 is 32.6. The summed E-state index contributed by atoms with van der Waals surface area (Å²) in [6, 6.07) is 9.02. The predicted octanol–water partition coefficient (Wildman–Crippen LogP) is 4.19. The van der Waals surface area contributed by atoms with Crippen LogP contribution in [0.4, 0.5) is 0 Å². The Morgan fingerprint density at radius 2 is 1.15 bits per heavy atom. The van der Waals surface area contributed by atoms with E-state index in [0.717, 1.165) is 19.3 Å². The highest BCUT2D eigenvalue weighted by molar-refractivity contribution is 7.86. The van der Waals surface area contributed by atoms with Crippen LogP contribution in [0.3, 0.4) is 0 Å². The third-order valence-corrected chi connectivity index (χ3v) is 6.83. The van der Waals surface area contributed by atoms with Crippen molar-refractivity contribution in [3.05, 3.63) is 35.9 Å². The first-order valence-electron chi connectivity index (χ1n) is 12.5. The lowest BCUT2D eigenvalue weighted by Gasteiger charge is -2.17. The SMILES string of the molecule is CCCCCCCCCCCCC(c1ccccc1)S(=O)(=O)O.OCCN(CCO)CCO. The van der Waals surface area contributed by atoms with Crippen molar-refractivity contribution < 1.29 is 28.3 Å². The smallest absolute Gasteiger partial charge is 0.271 e. The van der Waals surface area contributed by atoms with Crippen LogP contribution in [0.2, 0.25) is 0 Å². The normalized spacial score (nSPS) is 12.4. The predicted molar refractivity (Wildman–Crippen MR) is 135 cm³/mol. The quantitative estimate of drug-likeness (QED) is 0.170. The minimum absolute atomic E-state index is 0.0694. The highest BCUT2D eigenvalue weighted by Crippen LogP contribution is 2.27. The van der Waals surface area contributed by atoms with E-state index in [0.29, 0.717) is 31.6 Å². The molecule has 0 heterocycles. The molecule has 0 spiro atoms. The summed E-state index contributed by atoms with van der Waals surface area (Å²) in [6.07, 6.45) is 12.7. The van der Waals surface area contributed by atoms with Gasteiger partial charge in [0.2, 0.25) is 0 Å². The van der Waals surface area contributed by atoms with E-state index in [4.69, 9.17) is 15.3 Å². The number of aliphatic hydroxyl groups excluding tert-OH is 3. The van der Waals surface area contributed by atoms with Gasteiger partial charge in [-0.1, -0.05) is 101 Å². The molecule has 7 nitrogen and oxygen atoms in total. The molecule has 33 heavy (non-hydrogen) atoms. The Morgan fingerprint density at radius 1 is 0.727 bits per heavy atom. The van der Waals surface area contributed by atoms with Crippen molar-refractivity contribution in [1.82, 2.24) is 4.90 Å². The van der Waals surface area contributed by atoms with Crippen molar-refractivity contribution in [2.45, 2.75) is 82.8 Å². The van der Waals surface area contributed by atoms with Gasteiger partial charge in [0.1, 0.15) is 5.25 Å². The van der Waals surface area contributed by atoms with Gasteiger partial charge >= 0.3 is 0 Å². The largest absolute Gasteiger partial charge is 0.395 e. The molecule has 0 aromatic heterocycles. The fraction of sp³-hybridized carbons (Fsp3) is 0.760. The van der Waals surface area contributed by atoms with E-state index in [-0.39, 0.29) is 19.8 Å². The number of unbranched alkanes of at least 4 members (excludes halogenated alkanes) is 9. The van der Waals surface area contributed by atoms with Gasteiger partial charge in [-0.2, -0.15) is 8.42 Å². The monoisotopic (exact) mass is 489 g/mol. The van der Waals surface area contributed by atoms with Gasteiger partial charge < -0.3 is 15.3 Å². The Bertz CT molecular complexity index is 627. The Hall–Kier alpha value is -1.03. The van der Waals surface area contributed by atoms with Crippen molar-refractivity contribution in [3.63, 3.8) is 0 Å². The molecule has 0 aliphatic heterocycles. The van der Waals surface area contributed by atoms with E-state index in [2.05, 4.69) is 6.92 Å². The molecule has 0 radical (unpaired) electrons. The summed E-state index contributed by atoms with van der Waals surface area (Å²) in [5, 5.41) is 24.7. The van der Waals surface area contributed by atoms with Crippen molar-refractivity contribution in [1.29, 1.82) is 0 Å². The maximum absolute atomic E-state index is 11.6. The number of rotatable bonds is 19. The van der Waals surface area contributed by atoms with Crippen LogP contribution in [0.15, 0.2) is 30.3 Å². The van der Waals surface area contributed by atoms with E-state index >= 15 is 0 Å². The molecule has 0 bridgehead atoms. The average molecular weight is 490 g/mol. The Kier molecular flexibility index (Phi) is 20.8. The molecule has 1 atom stereocenters. The first-order chi connectivity index (χ1) is 15.9. The lowest BCUT2D eigenvalue weighted by atomic mass is 10.0. The third-order valence-electron chi connectivity index (χ3n) is 5.60. The van der Waals surface area contributed by atoms with Crippen LogP contribution in [0.1, 0.15) is 88.4 Å². The molecule has 0 aliphatic carbocycles. The molecular weight excluding hydrogens is 442 g/mol. The summed E-state index contributed by atoms with van der Waals surface area (Å²) in [5.41, 5.74) is 0.686. The highest BCUT2D eigenvalue weighted by Gasteiger charge is 2.24. The number of nitrogens with zero attached hydrogens (tertiary/aromatic N) is 1. The maximum atomic E-state index is 11.6. The molecule has 0 fully saturated rings. The zero-order valence-corrected chi connectivity index (χ0v) is 21.3. The number of hydrogen-bond acceptors (Lipinski definition) is 6. The van der Waals surface area contributed by atoms with Crippen LogP contribution in [0.5, 0.6) is 0 Å². The standard InChI is InChI=1S/C19H32O3S.C6H15NO3/c1-2-3-4-5-6-7-8-9-10-14-17-19(23(20,21)22)18-15-12-11-13-16-18;8-4-1-7(2-5-9)3-6-10/h11-13,15-16,19H,2-10,14,17H2,1H3,(H,20,21,22);8-10H,1-6H2. The Labute approximate surface area is 201 Å². The molecule has 1 aromatic carbocycles. The molecule has 8 heteroatoms. The molecule has 0 saturated heterocycles. The number of benzene rings is 1. The minimum atomic E-state index is -4.03. The lowest BCUT2D eigenvalue weighted by molar-refractivity contribution is 0.136. The fourth-order valence-corrected chi connectivity index (χ4v) is 4.70. The average Bonchev–Trinajstić information content (AvgIpc) is 2.78.